The first-order valence-corrected chi connectivity index (χ1v) is 7.35. The molecule has 1 aliphatic heterocycles. The number of amidine groups is 1. The molecule has 1 unspecified atom stereocenters. The van der Waals surface area contributed by atoms with Crippen LogP contribution in [0.4, 0.5) is 0 Å². The Bertz CT molecular complexity index is 791. The fraction of sp³-hybridized carbons (Fsp3) is 0.0667. The molecule has 4 nitrogen and oxygen atoms in total. The Balaban J connectivity index is 1.99. The maximum Gasteiger partial charge on any atom is 0.260 e. The number of fused-ring (bicyclic) bond motifs is 1. The minimum Gasteiger partial charge on any atom is -0.271 e. The maximum absolute atomic E-state index is 12.1. The van der Waals surface area contributed by atoms with Gasteiger partial charge in [0, 0.05) is 9.91 Å². The lowest BCUT2D eigenvalue weighted by Gasteiger charge is -2.18. The second-order valence-corrected chi connectivity index (χ2v) is 5.77. The fourth-order valence-corrected chi connectivity index (χ4v) is 2.82. The largest absolute Gasteiger partial charge is 0.271 e. The van der Waals surface area contributed by atoms with Crippen molar-refractivity contribution in [3.05, 3.63) is 51.2 Å². The lowest BCUT2D eigenvalue weighted by atomic mass is 9.96. The number of carbonyl (C=O) groups is 1. The molecule has 2 heterocycles. The van der Waals surface area contributed by atoms with Gasteiger partial charge in [-0.3, -0.25) is 4.79 Å². The van der Waals surface area contributed by atoms with Gasteiger partial charge >= 0.3 is 0 Å². The smallest absolute Gasteiger partial charge is 0.260 e. The molecule has 6 heteroatoms. The zero-order valence-corrected chi connectivity index (χ0v) is 12.2. The summed E-state index contributed by atoms with van der Waals surface area (Å²) >= 11 is 7.38. The zero-order chi connectivity index (χ0) is 14.8. The van der Waals surface area contributed by atoms with Crippen LogP contribution >= 0.6 is 22.9 Å². The van der Waals surface area contributed by atoms with Gasteiger partial charge in [-0.15, -0.1) is 11.3 Å². The third-order valence-corrected chi connectivity index (χ3v) is 4.04. The highest BCUT2D eigenvalue weighted by molar-refractivity contribution is 7.10. The van der Waals surface area contributed by atoms with Crippen molar-refractivity contribution in [1.82, 2.24) is 0 Å². The van der Waals surface area contributed by atoms with Gasteiger partial charge in [-0.05, 0) is 35.8 Å². The Kier molecular flexibility index (Phi) is 3.65. The van der Waals surface area contributed by atoms with Crippen molar-refractivity contribution >= 4 is 46.5 Å². The number of nitriles is 1. The molecule has 2 aliphatic rings. The van der Waals surface area contributed by atoms with Gasteiger partial charge in [0.2, 0.25) is 0 Å². The van der Waals surface area contributed by atoms with Crippen LogP contribution in [0.1, 0.15) is 4.88 Å². The highest BCUT2D eigenvalue weighted by Gasteiger charge is 2.28. The summed E-state index contributed by atoms with van der Waals surface area (Å²) in [7, 11) is 0. The molecule has 0 bridgehead atoms. The number of allylic oxidation sites excluding steroid dienone is 3. The van der Waals surface area contributed by atoms with Crippen LogP contribution in [0.25, 0.3) is 6.08 Å². The van der Waals surface area contributed by atoms with Gasteiger partial charge in [0.15, 0.2) is 5.84 Å². The third-order valence-electron chi connectivity index (χ3n) is 2.97. The summed E-state index contributed by atoms with van der Waals surface area (Å²) in [5.41, 5.74) is 0.826. The molecule has 0 fully saturated rings. The first-order valence-electron chi connectivity index (χ1n) is 6.09. The Morgan fingerprint density at radius 1 is 1.43 bits per heavy atom. The van der Waals surface area contributed by atoms with Crippen LogP contribution in [0.3, 0.4) is 0 Å². The van der Waals surface area contributed by atoms with E-state index < -0.39 is 5.92 Å². The molecule has 21 heavy (non-hydrogen) atoms. The summed E-state index contributed by atoms with van der Waals surface area (Å²) in [6.07, 6.45) is 6.64. The van der Waals surface area contributed by atoms with Gasteiger partial charge in [0.1, 0.15) is 12.0 Å². The lowest BCUT2D eigenvalue weighted by Crippen LogP contribution is -2.27. The summed E-state index contributed by atoms with van der Waals surface area (Å²) in [4.78, 5) is 21.2. The van der Waals surface area contributed by atoms with Crippen molar-refractivity contribution < 1.29 is 4.79 Å². The summed E-state index contributed by atoms with van der Waals surface area (Å²) in [6.45, 7) is 0. The number of hydrogen-bond donors (Lipinski definition) is 0. The number of hydrogen-bond acceptors (Lipinski definition) is 4. The molecule has 0 N–H and O–H groups in total. The monoisotopic (exact) mass is 313 g/mol. The van der Waals surface area contributed by atoms with Gasteiger partial charge in [-0.2, -0.15) is 10.3 Å². The lowest BCUT2D eigenvalue weighted by molar-refractivity contribution is -0.118. The Hall–Kier alpha value is -2.29. The first-order chi connectivity index (χ1) is 10.2. The van der Waals surface area contributed by atoms with E-state index in [1.54, 1.807) is 24.3 Å². The van der Waals surface area contributed by atoms with E-state index in [1.807, 2.05) is 23.6 Å². The minimum absolute atomic E-state index is 0.151. The van der Waals surface area contributed by atoms with Gasteiger partial charge in [0.25, 0.3) is 5.91 Å². The second kappa shape index (κ2) is 5.60. The summed E-state index contributed by atoms with van der Waals surface area (Å²) in [6, 6.07) is 5.81. The van der Waals surface area contributed by atoms with Crippen LogP contribution in [0.2, 0.25) is 0 Å². The van der Waals surface area contributed by atoms with Gasteiger partial charge < -0.3 is 0 Å². The van der Waals surface area contributed by atoms with Gasteiger partial charge in [-0.1, -0.05) is 17.7 Å². The SMILES string of the molecule is N#C/C(=C\c1cccs1)C1=NC(=O)C2C=C(Cl)C=CC2=N1. The number of aliphatic imine (C=N–C) groups is 2. The second-order valence-electron chi connectivity index (χ2n) is 4.36. The topological polar surface area (TPSA) is 65.6 Å². The first kappa shape index (κ1) is 13.7. The molecule has 0 saturated carbocycles. The summed E-state index contributed by atoms with van der Waals surface area (Å²) in [5, 5.41) is 11.7. The molecular weight excluding hydrogens is 306 g/mol. The predicted molar refractivity (Wildman–Crippen MR) is 84.4 cm³/mol. The van der Waals surface area contributed by atoms with Gasteiger partial charge in [0.05, 0.1) is 11.3 Å². The highest BCUT2D eigenvalue weighted by Crippen LogP contribution is 2.24. The van der Waals surface area contributed by atoms with E-state index in [0.29, 0.717) is 10.7 Å². The summed E-state index contributed by atoms with van der Waals surface area (Å²) < 4.78 is 0. The Labute approximate surface area is 130 Å². The molecule has 0 spiro atoms. The third kappa shape index (κ3) is 2.77. The number of halogens is 1. The average molecular weight is 314 g/mol. The number of amides is 1. The molecule has 0 saturated heterocycles. The number of thiophene rings is 1. The average Bonchev–Trinajstić information content (AvgIpc) is 2.98. The molecule has 1 aliphatic carbocycles. The molecule has 1 amide bonds. The van der Waals surface area contributed by atoms with Crippen molar-refractivity contribution in [2.45, 2.75) is 0 Å². The van der Waals surface area contributed by atoms with E-state index in [4.69, 9.17) is 11.6 Å². The number of nitrogens with zero attached hydrogens (tertiary/aromatic N) is 3. The summed E-state index contributed by atoms with van der Waals surface area (Å²) in [5.74, 6) is -0.754. The van der Waals surface area contributed by atoms with E-state index in [2.05, 4.69) is 9.98 Å². The molecule has 0 aromatic carbocycles. The van der Waals surface area contributed by atoms with E-state index in [9.17, 15) is 10.1 Å². The van der Waals surface area contributed by atoms with Crippen LogP contribution < -0.4 is 0 Å². The number of rotatable bonds is 2. The molecule has 3 rings (SSSR count). The van der Waals surface area contributed by atoms with E-state index in [-0.39, 0.29) is 17.3 Å². The normalized spacial score (nSPS) is 21.1. The van der Waals surface area contributed by atoms with Crippen molar-refractivity contribution in [1.29, 1.82) is 5.26 Å². The molecule has 102 valence electrons. The van der Waals surface area contributed by atoms with Crippen molar-refractivity contribution in [2.24, 2.45) is 15.9 Å². The molecular formula is C15H8ClN3OS. The van der Waals surface area contributed by atoms with Crippen LogP contribution in [-0.2, 0) is 4.79 Å². The fourth-order valence-electron chi connectivity index (χ4n) is 1.98. The Morgan fingerprint density at radius 3 is 3.00 bits per heavy atom. The van der Waals surface area contributed by atoms with Crippen molar-refractivity contribution in [2.75, 3.05) is 0 Å². The molecule has 1 aromatic heterocycles. The van der Waals surface area contributed by atoms with Crippen molar-refractivity contribution in [3.8, 4) is 6.07 Å². The van der Waals surface area contributed by atoms with Crippen LogP contribution in [-0.4, -0.2) is 17.5 Å². The standard InChI is InChI=1S/C15H8ClN3OS/c16-10-3-4-13-12(7-10)15(20)19-14(18-13)9(8-17)6-11-2-1-5-21-11/h1-7,12H/b9-6+. The predicted octanol–water partition coefficient (Wildman–Crippen LogP) is 3.34. The van der Waals surface area contributed by atoms with E-state index in [1.165, 1.54) is 11.3 Å². The van der Waals surface area contributed by atoms with E-state index >= 15 is 0 Å². The van der Waals surface area contributed by atoms with Gasteiger partial charge in [-0.25, -0.2) is 4.99 Å². The van der Waals surface area contributed by atoms with E-state index in [0.717, 1.165) is 4.88 Å². The zero-order valence-electron chi connectivity index (χ0n) is 10.7. The van der Waals surface area contributed by atoms with Crippen LogP contribution in [0.5, 0.6) is 0 Å². The van der Waals surface area contributed by atoms with Crippen LogP contribution in [0, 0.1) is 17.2 Å². The highest BCUT2D eigenvalue weighted by atomic mass is 35.5. The quantitative estimate of drug-likeness (QED) is 0.786. The Morgan fingerprint density at radius 2 is 2.29 bits per heavy atom. The van der Waals surface area contributed by atoms with Crippen molar-refractivity contribution in [3.63, 3.8) is 0 Å². The maximum atomic E-state index is 12.1. The molecule has 1 atom stereocenters. The van der Waals surface area contributed by atoms with Crippen LogP contribution in [0.15, 0.2) is 56.3 Å². The number of carbonyl (C=O) groups excluding carboxylic acids is 1. The molecule has 1 aromatic rings. The minimum atomic E-state index is -0.548. The molecule has 0 radical (unpaired) electrons.